The minimum atomic E-state index is -0.759. The van der Waals surface area contributed by atoms with Crippen molar-refractivity contribution in [2.45, 2.75) is 19.4 Å². The number of carbonyl (C=O) groups excluding carboxylic acids is 2. The van der Waals surface area contributed by atoms with Crippen LogP contribution in [0.25, 0.3) is 0 Å². The monoisotopic (exact) mass is 239 g/mol. The van der Waals surface area contributed by atoms with E-state index in [2.05, 4.69) is 0 Å². The van der Waals surface area contributed by atoms with Gasteiger partial charge in [-0.25, -0.2) is 5.84 Å². The zero-order valence-corrected chi connectivity index (χ0v) is 9.71. The molecular weight excluding hydrogens is 226 g/mol. The van der Waals surface area contributed by atoms with Gasteiger partial charge in [0.25, 0.3) is 0 Å². The third-order valence-electron chi connectivity index (χ3n) is 2.86. The van der Waals surface area contributed by atoms with Crippen molar-refractivity contribution in [2.24, 2.45) is 5.84 Å². The van der Waals surface area contributed by atoms with Crippen molar-refractivity contribution in [3.8, 4) is 0 Å². The van der Waals surface area contributed by atoms with E-state index < -0.39 is 11.8 Å². The Hall–Kier alpha value is -1.40. The highest BCUT2D eigenvalue weighted by Crippen LogP contribution is 2.32. The fourth-order valence-electron chi connectivity index (χ4n) is 1.98. The number of carbonyl (C=O) groups is 2. The van der Waals surface area contributed by atoms with Crippen LogP contribution in [0.5, 0.6) is 0 Å². The SMILES string of the molecule is CC1c2ccsc2CCN1C(=O)C(=O)NN. The highest BCUT2D eigenvalue weighted by atomic mass is 32.1. The Kier molecular flexibility index (Phi) is 2.93. The van der Waals surface area contributed by atoms with Crippen LogP contribution in [0.1, 0.15) is 23.4 Å². The molecule has 0 radical (unpaired) electrons. The Bertz CT molecular complexity index is 429. The number of rotatable bonds is 0. The van der Waals surface area contributed by atoms with E-state index in [0.717, 1.165) is 12.0 Å². The summed E-state index contributed by atoms with van der Waals surface area (Å²) in [7, 11) is 0. The number of nitrogens with zero attached hydrogens (tertiary/aromatic N) is 1. The number of hydrogen-bond donors (Lipinski definition) is 2. The van der Waals surface area contributed by atoms with E-state index >= 15 is 0 Å². The van der Waals surface area contributed by atoms with Crippen LogP contribution in [0.2, 0.25) is 0 Å². The Morgan fingerprint density at radius 3 is 3.06 bits per heavy atom. The van der Waals surface area contributed by atoms with Gasteiger partial charge in [-0.1, -0.05) is 0 Å². The summed E-state index contributed by atoms with van der Waals surface area (Å²) in [4.78, 5) is 25.7. The van der Waals surface area contributed by atoms with E-state index in [1.807, 2.05) is 23.8 Å². The van der Waals surface area contributed by atoms with E-state index in [1.165, 1.54) is 4.88 Å². The summed E-state index contributed by atoms with van der Waals surface area (Å²) in [6, 6.07) is 1.95. The predicted octanol–water partition coefficient (Wildman–Crippen LogP) is 0.184. The van der Waals surface area contributed by atoms with Gasteiger partial charge in [0.15, 0.2) is 0 Å². The van der Waals surface area contributed by atoms with Crippen LogP contribution in [0.3, 0.4) is 0 Å². The van der Waals surface area contributed by atoms with Gasteiger partial charge in [-0.15, -0.1) is 11.3 Å². The largest absolute Gasteiger partial charge is 0.327 e. The molecule has 6 heteroatoms. The molecule has 3 N–H and O–H groups in total. The van der Waals surface area contributed by atoms with E-state index in [1.54, 1.807) is 16.2 Å². The first-order chi connectivity index (χ1) is 7.65. The molecule has 0 saturated carbocycles. The number of hydrazine groups is 1. The maximum Gasteiger partial charge on any atom is 0.323 e. The lowest BCUT2D eigenvalue weighted by atomic mass is 10.0. The van der Waals surface area contributed by atoms with Gasteiger partial charge in [0.1, 0.15) is 0 Å². The lowest BCUT2D eigenvalue weighted by Crippen LogP contribution is -2.48. The van der Waals surface area contributed by atoms with Crippen LogP contribution in [0, 0.1) is 0 Å². The fourth-order valence-corrected chi connectivity index (χ4v) is 2.94. The van der Waals surface area contributed by atoms with Crippen LogP contribution < -0.4 is 11.3 Å². The van der Waals surface area contributed by atoms with Gasteiger partial charge in [0, 0.05) is 11.4 Å². The molecule has 0 bridgehead atoms. The Morgan fingerprint density at radius 2 is 2.38 bits per heavy atom. The van der Waals surface area contributed by atoms with E-state index in [9.17, 15) is 9.59 Å². The maximum absolute atomic E-state index is 11.7. The van der Waals surface area contributed by atoms with Crippen LogP contribution in [-0.4, -0.2) is 23.3 Å². The van der Waals surface area contributed by atoms with Gasteiger partial charge in [-0.05, 0) is 30.4 Å². The summed E-state index contributed by atoms with van der Waals surface area (Å²) in [5.41, 5.74) is 3.01. The molecule has 86 valence electrons. The van der Waals surface area contributed by atoms with Gasteiger partial charge >= 0.3 is 11.8 Å². The second-order valence-electron chi connectivity index (χ2n) is 3.70. The predicted molar refractivity (Wildman–Crippen MR) is 60.5 cm³/mol. The van der Waals surface area contributed by atoms with Gasteiger partial charge in [-0.2, -0.15) is 0 Å². The first kappa shape index (κ1) is 11.1. The quantitative estimate of drug-likeness (QED) is 0.293. The van der Waals surface area contributed by atoms with E-state index in [4.69, 9.17) is 5.84 Å². The number of nitrogens with two attached hydrogens (primary N) is 1. The number of nitrogens with one attached hydrogen (secondary N) is 1. The van der Waals surface area contributed by atoms with Crippen LogP contribution >= 0.6 is 11.3 Å². The van der Waals surface area contributed by atoms with Crippen molar-refractivity contribution >= 4 is 23.2 Å². The lowest BCUT2D eigenvalue weighted by molar-refractivity contribution is -0.147. The molecule has 2 heterocycles. The van der Waals surface area contributed by atoms with E-state index in [-0.39, 0.29) is 6.04 Å². The molecule has 1 unspecified atom stereocenters. The smallest absolute Gasteiger partial charge is 0.323 e. The van der Waals surface area contributed by atoms with Crippen molar-refractivity contribution in [3.05, 3.63) is 21.9 Å². The molecule has 0 aliphatic carbocycles. The zero-order valence-electron chi connectivity index (χ0n) is 8.90. The molecule has 0 spiro atoms. The molecule has 0 saturated heterocycles. The molecule has 1 aliphatic rings. The zero-order chi connectivity index (χ0) is 11.7. The normalized spacial score (nSPS) is 19.1. The third-order valence-corrected chi connectivity index (χ3v) is 3.86. The average Bonchev–Trinajstić information content (AvgIpc) is 2.76. The molecule has 1 aromatic rings. The number of hydrogen-bond acceptors (Lipinski definition) is 4. The van der Waals surface area contributed by atoms with E-state index in [0.29, 0.717) is 6.54 Å². The summed E-state index contributed by atoms with van der Waals surface area (Å²) in [6.07, 6.45) is 0.806. The lowest BCUT2D eigenvalue weighted by Gasteiger charge is -2.32. The average molecular weight is 239 g/mol. The van der Waals surface area contributed by atoms with Crippen molar-refractivity contribution in [2.75, 3.05) is 6.54 Å². The number of thiophene rings is 1. The van der Waals surface area contributed by atoms with Gasteiger partial charge in [-0.3, -0.25) is 15.0 Å². The Morgan fingerprint density at radius 1 is 1.62 bits per heavy atom. The molecule has 2 amide bonds. The molecule has 1 atom stereocenters. The minimum absolute atomic E-state index is 0.0557. The van der Waals surface area contributed by atoms with Crippen LogP contribution in [0.15, 0.2) is 11.4 Å². The van der Waals surface area contributed by atoms with Gasteiger partial charge < -0.3 is 4.90 Å². The highest BCUT2D eigenvalue weighted by molar-refractivity contribution is 7.10. The summed E-state index contributed by atoms with van der Waals surface area (Å²) < 4.78 is 0. The fraction of sp³-hybridized carbons (Fsp3) is 0.400. The first-order valence-electron chi connectivity index (χ1n) is 5.03. The van der Waals surface area contributed by atoms with Crippen molar-refractivity contribution in [1.82, 2.24) is 10.3 Å². The first-order valence-corrected chi connectivity index (χ1v) is 5.91. The van der Waals surface area contributed by atoms with Crippen LogP contribution in [0.4, 0.5) is 0 Å². The third kappa shape index (κ3) is 1.70. The molecule has 16 heavy (non-hydrogen) atoms. The topological polar surface area (TPSA) is 75.4 Å². The Labute approximate surface area is 97.2 Å². The summed E-state index contributed by atoms with van der Waals surface area (Å²) in [6.45, 7) is 2.49. The summed E-state index contributed by atoms with van der Waals surface area (Å²) in [5.74, 6) is 3.63. The van der Waals surface area contributed by atoms with Crippen molar-refractivity contribution < 1.29 is 9.59 Å². The Balaban J connectivity index is 2.22. The minimum Gasteiger partial charge on any atom is -0.327 e. The molecule has 1 aliphatic heterocycles. The van der Waals surface area contributed by atoms with Gasteiger partial charge in [0.2, 0.25) is 0 Å². The molecule has 0 aromatic carbocycles. The second-order valence-corrected chi connectivity index (χ2v) is 4.70. The summed E-state index contributed by atoms with van der Waals surface area (Å²) >= 11 is 1.69. The molecule has 5 nitrogen and oxygen atoms in total. The highest BCUT2D eigenvalue weighted by Gasteiger charge is 2.31. The van der Waals surface area contributed by atoms with Crippen LogP contribution in [-0.2, 0) is 16.0 Å². The molecule has 0 fully saturated rings. The van der Waals surface area contributed by atoms with Gasteiger partial charge in [0.05, 0.1) is 6.04 Å². The second kappa shape index (κ2) is 4.23. The molecule has 1 aromatic heterocycles. The van der Waals surface area contributed by atoms with Crippen molar-refractivity contribution in [1.29, 1.82) is 0 Å². The maximum atomic E-state index is 11.7. The number of amides is 2. The molecular formula is C10H13N3O2S. The molecule has 2 rings (SSSR count). The number of fused-ring (bicyclic) bond motifs is 1. The van der Waals surface area contributed by atoms with Crippen molar-refractivity contribution in [3.63, 3.8) is 0 Å². The summed E-state index contributed by atoms with van der Waals surface area (Å²) in [5, 5.41) is 2.01. The standard InChI is InChI=1S/C10H13N3O2S/c1-6-7-3-5-16-8(7)2-4-13(6)10(15)9(14)12-11/h3,5-6H,2,4,11H2,1H3,(H,12,14).